The van der Waals surface area contributed by atoms with Crippen molar-refractivity contribution in [1.29, 1.82) is 0 Å². The summed E-state index contributed by atoms with van der Waals surface area (Å²) in [4.78, 5) is 0.970. The smallest absolute Gasteiger partial charge is 0.0783 e. The Bertz CT molecular complexity index is 319. The molecule has 1 aromatic carbocycles. The second-order valence-corrected chi connectivity index (χ2v) is 7.07. The van der Waals surface area contributed by atoms with Gasteiger partial charge in [-0.25, -0.2) is 0 Å². The van der Waals surface area contributed by atoms with Crippen LogP contribution in [0.1, 0.15) is 26.3 Å². The van der Waals surface area contributed by atoms with Crippen LogP contribution >= 0.6 is 36.6 Å². The molecule has 0 aromatic heterocycles. The number of rotatable bonds is 1. The molecule has 0 N–H and O–H groups in total. The Balaban J connectivity index is 2.76. The van der Waals surface area contributed by atoms with Crippen molar-refractivity contribution in [1.82, 2.24) is 0 Å². The zero-order valence-corrected chi connectivity index (χ0v) is 11.1. The summed E-state index contributed by atoms with van der Waals surface area (Å²) in [5.41, 5.74) is 1.11. The van der Waals surface area contributed by atoms with Crippen molar-refractivity contribution in [3.8, 4) is 0 Å². The Morgan fingerprint density at radius 2 is 1.71 bits per heavy atom. The molecule has 0 saturated carbocycles. The van der Waals surface area contributed by atoms with Crippen LogP contribution in [0, 0.1) is 0 Å². The van der Waals surface area contributed by atoms with Gasteiger partial charge in [-0.3, -0.25) is 0 Å². The molecule has 0 radical (unpaired) electrons. The molecular formula is C11H14S3. The Kier molecular flexibility index (Phi) is 4.04. The van der Waals surface area contributed by atoms with Gasteiger partial charge in [-0.15, -0.1) is 24.4 Å². The number of thioether (sulfide) groups is 1. The van der Waals surface area contributed by atoms with Crippen LogP contribution in [0.2, 0.25) is 0 Å². The maximum Gasteiger partial charge on any atom is 0.0783 e. The van der Waals surface area contributed by atoms with Crippen LogP contribution in [0.15, 0.2) is 29.2 Å². The summed E-state index contributed by atoms with van der Waals surface area (Å²) in [7, 11) is 0. The van der Waals surface area contributed by atoms with E-state index in [2.05, 4.69) is 33.4 Å². The van der Waals surface area contributed by atoms with Crippen molar-refractivity contribution < 1.29 is 0 Å². The van der Waals surface area contributed by atoms with Gasteiger partial charge in [0.1, 0.15) is 0 Å². The summed E-state index contributed by atoms with van der Waals surface area (Å²) in [5.74, 6) is 0. The number of thiol groups is 1. The fraction of sp³-hybridized carbons (Fsp3) is 0.364. The fourth-order valence-electron chi connectivity index (χ4n) is 0.935. The normalized spacial score (nSPS) is 11.4. The molecule has 1 rings (SSSR count). The number of hydrogen-bond donors (Lipinski definition) is 1. The van der Waals surface area contributed by atoms with Gasteiger partial charge >= 0.3 is 0 Å². The lowest BCUT2D eigenvalue weighted by atomic mass is 10.2. The summed E-state index contributed by atoms with van der Waals surface area (Å²) in [6, 6.07) is 7.97. The second-order valence-electron chi connectivity index (χ2n) is 4.05. The van der Waals surface area contributed by atoms with E-state index in [0.29, 0.717) is 0 Å². The molecule has 0 heterocycles. The van der Waals surface area contributed by atoms with Crippen LogP contribution in [0.25, 0.3) is 0 Å². The maximum atomic E-state index is 5.35. The monoisotopic (exact) mass is 242 g/mol. The number of benzene rings is 1. The third-order valence-corrected chi connectivity index (χ3v) is 3.32. The SMILES string of the molecule is CC(C)(C)SC(=S)c1ccc(S)cc1. The van der Waals surface area contributed by atoms with E-state index in [1.54, 1.807) is 11.8 Å². The zero-order chi connectivity index (χ0) is 10.8. The lowest BCUT2D eigenvalue weighted by Crippen LogP contribution is -2.11. The number of hydrogen-bond acceptors (Lipinski definition) is 3. The minimum atomic E-state index is 0.177. The third kappa shape index (κ3) is 4.03. The predicted octanol–water partition coefficient (Wildman–Crippen LogP) is 4.18. The topological polar surface area (TPSA) is 0 Å². The van der Waals surface area contributed by atoms with E-state index in [-0.39, 0.29) is 4.75 Å². The molecule has 0 spiro atoms. The van der Waals surface area contributed by atoms with Crippen LogP contribution in [-0.4, -0.2) is 8.94 Å². The summed E-state index contributed by atoms with van der Waals surface area (Å²) in [5, 5.41) is 0. The largest absolute Gasteiger partial charge is 0.143 e. The van der Waals surface area contributed by atoms with Crippen molar-refractivity contribution in [3.63, 3.8) is 0 Å². The van der Waals surface area contributed by atoms with Crippen LogP contribution in [0.4, 0.5) is 0 Å². The van der Waals surface area contributed by atoms with Crippen molar-refractivity contribution in [2.75, 3.05) is 0 Å². The average Bonchev–Trinajstić information content (AvgIpc) is 2.02. The van der Waals surface area contributed by atoms with E-state index in [1.165, 1.54) is 0 Å². The van der Waals surface area contributed by atoms with E-state index in [0.717, 1.165) is 14.7 Å². The van der Waals surface area contributed by atoms with Crippen LogP contribution in [0.3, 0.4) is 0 Å². The van der Waals surface area contributed by atoms with Crippen molar-refractivity contribution in [3.05, 3.63) is 29.8 Å². The molecule has 76 valence electrons. The molecule has 0 atom stereocenters. The zero-order valence-electron chi connectivity index (χ0n) is 8.57. The van der Waals surface area contributed by atoms with Crippen molar-refractivity contribution >= 4 is 40.8 Å². The summed E-state index contributed by atoms with van der Waals surface area (Å²) in [6.45, 7) is 6.49. The molecule has 0 fully saturated rings. The minimum absolute atomic E-state index is 0.177. The fourth-order valence-corrected chi connectivity index (χ4v) is 2.78. The Morgan fingerprint density at radius 3 is 2.14 bits per heavy atom. The molecule has 0 aliphatic carbocycles. The highest BCUT2D eigenvalue weighted by Gasteiger charge is 2.14. The van der Waals surface area contributed by atoms with Gasteiger partial charge < -0.3 is 0 Å². The third-order valence-electron chi connectivity index (χ3n) is 1.50. The highest BCUT2D eigenvalue weighted by molar-refractivity contribution is 8.24. The molecule has 14 heavy (non-hydrogen) atoms. The first kappa shape index (κ1) is 12.1. The van der Waals surface area contributed by atoms with Crippen molar-refractivity contribution in [2.45, 2.75) is 30.4 Å². The standard InChI is InChI=1S/C11H14S3/c1-11(2,3)14-10(13)8-4-6-9(12)7-5-8/h4-7,12H,1-3H3. The highest BCUT2D eigenvalue weighted by atomic mass is 32.2. The molecule has 0 nitrogen and oxygen atoms in total. The van der Waals surface area contributed by atoms with E-state index < -0.39 is 0 Å². The van der Waals surface area contributed by atoms with Gasteiger partial charge in [-0.1, -0.05) is 45.1 Å². The molecular weight excluding hydrogens is 228 g/mol. The van der Waals surface area contributed by atoms with Gasteiger partial charge in [0.05, 0.1) is 4.20 Å². The maximum absolute atomic E-state index is 5.35. The van der Waals surface area contributed by atoms with Crippen LogP contribution in [0.5, 0.6) is 0 Å². The molecule has 3 heteroatoms. The Morgan fingerprint density at radius 1 is 1.21 bits per heavy atom. The first-order valence-corrected chi connectivity index (χ1v) is 6.08. The Hall–Kier alpha value is 0.01000. The van der Waals surface area contributed by atoms with E-state index in [9.17, 15) is 0 Å². The molecule has 0 aliphatic heterocycles. The van der Waals surface area contributed by atoms with Gasteiger partial charge in [-0.2, -0.15) is 0 Å². The lowest BCUT2D eigenvalue weighted by molar-refractivity contribution is 0.809. The van der Waals surface area contributed by atoms with Gasteiger partial charge in [0, 0.05) is 9.64 Å². The number of thiocarbonyl (C=S) groups is 1. The predicted molar refractivity (Wildman–Crippen MR) is 72.7 cm³/mol. The highest BCUT2D eigenvalue weighted by Crippen LogP contribution is 2.28. The van der Waals surface area contributed by atoms with Crippen LogP contribution in [-0.2, 0) is 0 Å². The van der Waals surface area contributed by atoms with Gasteiger partial charge in [0.2, 0.25) is 0 Å². The van der Waals surface area contributed by atoms with Gasteiger partial charge in [0.25, 0.3) is 0 Å². The second kappa shape index (κ2) is 4.69. The molecule has 1 aromatic rings. The van der Waals surface area contributed by atoms with Crippen LogP contribution < -0.4 is 0 Å². The molecule has 0 unspecified atom stereocenters. The first-order valence-electron chi connectivity index (χ1n) is 4.41. The lowest BCUT2D eigenvalue weighted by Gasteiger charge is -2.17. The molecule has 0 amide bonds. The van der Waals surface area contributed by atoms with Crippen molar-refractivity contribution in [2.24, 2.45) is 0 Å². The molecule has 0 aliphatic rings. The Labute approximate surface area is 101 Å². The average molecular weight is 242 g/mol. The van der Waals surface area contributed by atoms with Gasteiger partial charge in [-0.05, 0) is 17.7 Å². The van der Waals surface area contributed by atoms with Gasteiger partial charge in [0.15, 0.2) is 0 Å². The van der Waals surface area contributed by atoms with E-state index in [1.807, 2.05) is 24.3 Å². The molecule has 0 saturated heterocycles. The summed E-state index contributed by atoms with van der Waals surface area (Å²) >= 11 is 11.3. The molecule has 0 bridgehead atoms. The summed E-state index contributed by atoms with van der Waals surface area (Å²) < 4.78 is 1.13. The first-order chi connectivity index (χ1) is 6.38. The van der Waals surface area contributed by atoms with E-state index >= 15 is 0 Å². The van der Waals surface area contributed by atoms with E-state index in [4.69, 9.17) is 12.2 Å². The minimum Gasteiger partial charge on any atom is -0.143 e. The quantitative estimate of drug-likeness (QED) is 0.579. The summed E-state index contributed by atoms with van der Waals surface area (Å²) in [6.07, 6.45) is 0.